The van der Waals surface area contributed by atoms with E-state index in [1.54, 1.807) is 0 Å². The number of nitrogens with zero attached hydrogens (tertiary/aromatic N) is 3. The third kappa shape index (κ3) is 9.30. The van der Waals surface area contributed by atoms with Gasteiger partial charge in [0.2, 0.25) is 0 Å². The lowest BCUT2D eigenvalue weighted by atomic mass is 9.83. The third-order valence-corrected chi connectivity index (χ3v) is 10.9. The number of benzene rings is 2. The highest BCUT2D eigenvalue weighted by atomic mass is 14.9. The van der Waals surface area contributed by atoms with E-state index in [0.29, 0.717) is 19.6 Å². The Hall–Kier alpha value is -3.93. The standard InChI is InChI=1S/C45H66N6/c1-13-34-40-22-46-28(7)19-30(9)49-25-43-37(16-4)44-26-50-31(10)20-29(8)47-23-41(34)36(15-3)42(35(40)14-2)24-48-32(11)21-33(12)51-27-45(38(43)17-5)39(44)18-6/h19-21,46-48H,13-18,22-27H2,1-12H3/b28-19-,29-20?,32-21?,49-30?,50-31?,51-33?. The molecule has 3 heterocycles. The molecule has 2 aromatic rings. The lowest BCUT2D eigenvalue weighted by Gasteiger charge is -2.27. The summed E-state index contributed by atoms with van der Waals surface area (Å²) in [5, 5.41) is 11.5. The van der Waals surface area contributed by atoms with Crippen molar-refractivity contribution in [1.82, 2.24) is 16.0 Å². The van der Waals surface area contributed by atoms with Crippen molar-refractivity contribution in [3.8, 4) is 0 Å². The van der Waals surface area contributed by atoms with Crippen LogP contribution < -0.4 is 16.0 Å². The van der Waals surface area contributed by atoms with E-state index in [-0.39, 0.29) is 0 Å². The number of nitrogens with one attached hydrogen (secondary N) is 3. The van der Waals surface area contributed by atoms with Gasteiger partial charge in [-0.1, -0.05) is 41.5 Å². The van der Waals surface area contributed by atoms with Crippen LogP contribution in [-0.4, -0.2) is 17.1 Å². The Morgan fingerprint density at radius 3 is 0.804 bits per heavy atom. The zero-order chi connectivity index (χ0) is 37.2. The topological polar surface area (TPSA) is 73.2 Å². The minimum atomic E-state index is 0.661. The molecule has 0 saturated carbocycles. The first-order valence-corrected chi connectivity index (χ1v) is 19.6. The van der Waals surface area contributed by atoms with Gasteiger partial charge in [-0.3, -0.25) is 15.0 Å². The molecule has 0 amide bonds. The first kappa shape index (κ1) is 39.8. The van der Waals surface area contributed by atoms with Crippen molar-refractivity contribution in [3.63, 3.8) is 0 Å². The van der Waals surface area contributed by atoms with Gasteiger partial charge in [-0.05, 0) is 165 Å². The fourth-order valence-corrected chi connectivity index (χ4v) is 8.48. The van der Waals surface area contributed by atoms with Crippen molar-refractivity contribution in [2.45, 2.75) is 161 Å². The van der Waals surface area contributed by atoms with Crippen LogP contribution in [0.4, 0.5) is 0 Å². The Balaban J connectivity index is 2.13. The molecular weight excluding hydrogens is 625 g/mol. The Kier molecular flexibility index (Phi) is 14.5. The summed E-state index contributed by atoms with van der Waals surface area (Å²) in [7, 11) is 0. The second kappa shape index (κ2) is 18.5. The summed E-state index contributed by atoms with van der Waals surface area (Å²) in [6.07, 6.45) is 12.5. The molecule has 3 aliphatic heterocycles. The third-order valence-electron chi connectivity index (χ3n) is 10.9. The van der Waals surface area contributed by atoms with Crippen LogP contribution in [-0.2, 0) is 77.8 Å². The van der Waals surface area contributed by atoms with Gasteiger partial charge in [0.15, 0.2) is 0 Å². The highest BCUT2D eigenvalue weighted by molar-refractivity contribution is 5.94. The van der Waals surface area contributed by atoms with Gasteiger partial charge in [-0.2, -0.15) is 0 Å². The predicted octanol–water partition coefficient (Wildman–Crippen LogP) is 9.65. The molecule has 276 valence electrons. The number of hydrogen-bond donors (Lipinski definition) is 3. The van der Waals surface area contributed by atoms with Crippen molar-refractivity contribution in [3.05, 3.63) is 102 Å². The highest BCUT2D eigenvalue weighted by Crippen LogP contribution is 2.34. The molecule has 0 aliphatic carbocycles. The van der Waals surface area contributed by atoms with E-state index in [1.807, 2.05) is 0 Å². The summed E-state index contributed by atoms with van der Waals surface area (Å²) in [6.45, 7) is 31.2. The molecule has 6 heteroatoms. The van der Waals surface area contributed by atoms with Crippen LogP contribution in [0, 0.1) is 0 Å². The van der Waals surface area contributed by atoms with Gasteiger partial charge in [-0.25, -0.2) is 0 Å². The van der Waals surface area contributed by atoms with Gasteiger partial charge in [0, 0.05) is 53.9 Å². The van der Waals surface area contributed by atoms with Crippen molar-refractivity contribution >= 4 is 17.1 Å². The molecule has 6 nitrogen and oxygen atoms in total. The molecule has 0 saturated heterocycles. The van der Waals surface area contributed by atoms with Gasteiger partial charge in [0.1, 0.15) is 0 Å². The molecular formula is C45H66N6. The minimum Gasteiger partial charge on any atom is -0.384 e. The smallest absolute Gasteiger partial charge is 0.0648 e. The number of hydrogen-bond acceptors (Lipinski definition) is 6. The van der Waals surface area contributed by atoms with E-state index in [9.17, 15) is 0 Å². The fraction of sp³-hybridized carbons (Fsp3) is 0.533. The molecule has 0 spiro atoms. The molecule has 0 unspecified atom stereocenters. The van der Waals surface area contributed by atoms with Crippen molar-refractivity contribution in [2.24, 2.45) is 15.0 Å². The minimum absolute atomic E-state index is 0.661. The first-order valence-electron chi connectivity index (χ1n) is 19.6. The monoisotopic (exact) mass is 691 g/mol. The van der Waals surface area contributed by atoms with Crippen LogP contribution in [0.2, 0.25) is 0 Å². The van der Waals surface area contributed by atoms with Gasteiger partial charge >= 0.3 is 0 Å². The number of fused-ring (bicyclic) bond motifs is 12. The van der Waals surface area contributed by atoms with Gasteiger partial charge < -0.3 is 16.0 Å². The van der Waals surface area contributed by atoms with E-state index in [2.05, 4.69) is 117 Å². The largest absolute Gasteiger partial charge is 0.384 e. The lowest BCUT2D eigenvalue weighted by molar-refractivity contribution is 0.729. The Labute approximate surface area is 310 Å². The van der Waals surface area contributed by atoms with E-state index in [0.717, 1.165) is 92.4 Å². The molecule has 2 aromatic carbocycles. The molecule has 3 N–H and O–H groups in total. The van der Waals surface area contributed by atoms with E-state index in [1.165, 1.54) is 66.8 Å². The van der Waals surface area contributed by atoms with E-state index >= 15 is 0 Å². The summed E-state index contributed by atoms with van der Waals surface area (Å²) in [6, 6.07) is 0. The SMILES string of the molecule is CCc1c2c(CC)c3c(CC)c1CN=C(C)C=C(C)NCc1c(CC)c(c(CC)c(c1CC)CN/C(C)=C\C(C)=NC3)CNC(C)=CC(C)=NC2. The van der Waals surface area contributed by atoms with Crippen LogP contribution in [0.1, 0.15) is 150 Å². The second-order valence-electron chi connectivity index (χ2n) is 14.3. The summed E-state index contributed by atoms with van der Waals surface area (Å²) < 4.78 is 0. The molecule has 0 atom stereocenters. The normalized spacial score (nSPS) is 17.3. The van der Waals surface area contributed by atoms with Crippen molar-refractivity contribution < 1.29 is 0 Å². The fourth-order valence-electron chi connectivity index (χ4n) is 8.48. The quantitative estimate of drug-likeness (QED) is 0.283. The first-order chi connectivity index (χ1) is 24.5. The molecule has 0 radical (unpaired) electrons. The number of aliphatic imine (C=N–C) groups is 3. The van der Waals surface area contributed by atoms with E-state index < -0.39 is 0 Å². The van der Waals surface area contributed by atoms with Gasteiger partial charge in [-0.15, -0.1) is 0 Å². The van der Waals surface area contributed by atoms with Crippen molar-refractivity contribution in [1.29, 1.82) is 0 Å². The number of allylic oxidation sites excluding steroid dienone is 6. The summed E-state index contributed by atoms with van der Waals surface area (Å²) in [4.78, 5) is 15.7. The molecule has 0 fully saturated rings. The zero-order valence-electron chi connectivity index (χ0n) is 34.1. The maximum Gasteiger partial charge on any atom is 0.0648 e. The van der Waals surface area contributed by atoms with Crippen LogP contribution in [0.15, 0.2) is 50.3 Å². The maximum absolute atomic E-state index is 5.24. The zero-order valence-corrected chi connectivity index (χ0v) is 34.1. The summed E-state index contributed by atoms with van der Waals surface area (Å²) >= 11 is 0. The van der Waals surface area contributed by atoms with Crippen molar-refractivity contribution in [2.75, 3.05) is 0 Å². The molecule has 3 aliphatic rings. The Morgan fingerprint density at radius 1 is 0.373 bits per heavy atom. The molecule has 5 rings (SSSR count). The highest BCUT2D eigenvalue weighted by Gasteiger charge is 2.23. The second-order valence-corrected chi connectivity index (χ2v) is 14.3. The maximum atomic E-state index is 5.24. The Bertz CT molecular complexity index is 1530. The van der Waals surface area contributed by atoms with Crippen LogP contribution in [0.5, 0.6) is 0 Å². The van der Waals surface area contributed by atoms with Gasteiger partial charge in [0.25, 0.3) is 0 Å². The van der Waals surface area contributed by atoms with E-state index in [4.69, 9.17) is 15.0 Å². The predicted molar refractivity (Wildman–Crippen MR) is 221 cm³/mol. The van der Waals surface area contributed by atoms with Crippen LogP contribution >= 0.6 is 0 Å². The average molecular weight is 691 g/mol. The Morgan fingerprint density at radius 2 is 0.588 bits per heavy atom. The number of rotatable bonds is 6. The van der Waals surface area contributed by atoms with Gasteiger partial charge in [0.05, 0.1) is 19.6 Å². The summed E-state index contributed by atoms with van der Waals surface area (Å²) in [5.41, 5.74) is 23.6. The van der Waals surface area contributed by atoms with Crippen LogP contribution in [0.3, 0.4) is 0 Å². The lowest BCUT2D eigenvalue weighted by Crippen LogP contribution is -2.24. The molecule has 0 aromatic heterocycles. The molecule has 51 heavy (non-hydrogen) atoms. The molecule has 6 bridgehead atoms. The summed E-state index contributed by atoms with van der Waals surface area (Å²) in [5.74, 6) is 0. The average Bonchev–Trinajstić information content (AvgIpc) is 3.10. The van der Waals surface area contributed by atoms with Crippen LogP contribution in [0.25, 0.3) is 0 Å².